The van der Waals surface area contributed by atoms with Gasteiger partial charge in [-0.05, 0) is 24.6 Å². The fourth-order valence-electron chi connectivity index (χ4n) is 1.87. The van der Waals surface area contributed by atoms with Crippen LogP contribution in [0, 0.1) is 0 Å². The van der Waals surface area contributed by atoms with Crippen LogP contribution in [0.4, 0.5) is 5.69 Å². The van der Waals surface area contributed by atoms with E-state index in [0.29, 0.717) is 17.1 Å². The molecule has 1 atom stereocenters. The number of carbonyl (C=O) groups excluding carboxylic acids is 1. The van der Waals surface area contributed by atoms with E-state index in [1.165, 1.54) is 4.90 Å². The van der Waals surface area contributed by atoms with Crippen LogP contribution in [0.25, 0.3) is 0 Å². The molecule has 1 aliphatic heterocycles. The molecule has 1 aromatic carbocycles. The third-order valence-corrected chi connectivity index (χ3v) is 2.82. The lowest BCUT2D eigenvalue weighted by atomic mass is 10.2. The molecule has 1 heterocycles. The van der Waals surface area contributed by atoms with Crippen molar-refractivity contribution in [3.8, 4) is 0 Å². The van der Waals surface area contributed by atoms with Gasteiger partial charge in [-0.15, -0.1) is 0 Å². The number of benzene rings is 1. The topological polar surface area (TPSA) is 57.6 Å². The molecule has 0 bridgehead atoms. The van der Waals surface area contributed by atoms with Gasteiger partial charge in [0, 0.05) is 17.1 Å². The van der Waals surface area contributed by atoms with Crippen molar-refractivity contribution in [1.29, 1.82) is 0 Å². The van der Waals surface area contributed by atoms with Crippen LogP contribution in [-0.2, 0) is 9.59 Å². The predicted octanol–water partition coefficient (Wildman–Crippen LogP) is 1.92. The number of carboxylic acid groups (broad SMARTS) is 1. The molecule has 5 heteroatoms. The van der Waals surface area contributed by atoms with Gasteiger partial charge in [0.2, 0.25) is 5.91 Å². The Labute approximate surface area is 97.4 Å². The molecule has 1 aromatic rings. The maximum Gasteiger partial charge on any atom is 0.326 e. The van der Waals surface area contributed by atoms with E-state index in [1.54, 1.807) is 24.3 Å². The average Bonchev–Trinajstić information content (AvgIpc) is 2.60. The number of aliphatic carboxylic acids is 1. The fraction of sp³-hybridized carbons (Fsp3) is 0.273. The maximum atomic E-state index is 11.6. The van der Waals surface area contributed by atoms with Crippen molar-refractivity contribution < 1.29 is 14.7 Å². The molecule has 0 unspecified atom stereocenters. The van der Waals surface area contributed by atoms with Gasteiger partial charge in [0.25, 0.3) is 0 Å². The molecule has 1 amide bonds. The van der Waals surface area contributed by atoms with Crippen LogP contribution in [0.15, 0.2) is 24.3 Å². The van der Waals surface area contributed by atoms with Gasteiger partial charge in [-0.2, -0.15) is 0 Å². The van der Waals surface area contributed by atoms with Crippen LogP contribution in [0.3, 0.4) is 0 Å². The molecular weight excluding hydrogens is 230 g/mol. The molecule has 1 saturated heterocycles. The lowest BCUT2D eigenvalue weighted by molar-refractivity contribution is -0.138. The smallest absolute Gasteiger partial charge is 0.326 e. The third kappa shape index (κ3) is 1.88. The van der Waals surface area contributed by atoms with Gasteiger partial charge in [0.15, 0.2) is 0 Å². The number of hydrogen-bond donors (Lipinski definition) is 1. The summed E-state index contributed by atoms with van der Waals surface area (Å²) in [6.07, 6.45) is 0.615. The van der Waals surface area contributed by atoms with E-state index in [1.807, 2.05) is 0 Å². The summed E-state index contributed by atoms with van der Waals surface area (Å²) < 4.78 is 0. The first-order valence-corrected chi connectivity index (χ1v) is 5.28. The van der Waals surface area contributed by atoms with Gasteiger partial charge in [-0.25, -0.2) is 4.79 Å². The third-order valence-electron chi connectivity index (χ3n) is 2.58. The number of rotatable bonds is 2. The van der Waals surface area contributed by atoms with E-state index in [9.17, 15) is 9.59 Å². The Kier molecular flexibility index (Phi) is 2.83. The van der Waals surface area contributed by atoms with Gasteiger partial charge < -0.3 is 5.11 Å². The van der Waals surface area contributed by atoms with Crippen LogP contribution in [0.5, 0.6) is 0 Å². The second-order valence-electron chi connectivity index (χ2n) is 3.64. The summed E-state index contributed by atoms with van der Waals surface area (Å²) in [4.78, 5) is 23.9. The second-order valence-corrected chi connectivity index (χ2v) is 4.07. The van der Waals surface area contributed by atoms with Gasteiger partial charge in [-0.3, -0.25) is 9.69 Å². The van der Waals surface area contributed by atoms with Crippen LogP contribution in [-0.4, -0.2) is 23.0 Å². The number of amides is 1. The highest BCUT2D eigenvalue weighted by molar-refractivity contribution is 6.31. The molecule has 0 radical (unpaired) electrons. The molecular formula is C11H10ClNO3. The summed E-state index contributed by atoms with van der Waals surface area (Å²) in [6, 6.07) is 5.89. The summed E-state index contributed by atoms with van der Waals surface area (Å²) in [6.45, 7) is 0. The van der Waals surface area contributed by atoms with E-state index in [2.05, 4.69) is 0 Å². The lowest BCUT2D eigenvalue weighted by Gasteiger charge is -2.21. The quantitative estimate of drug-likeness (QED) is 0.858. The zero-order chi connectivity index (χ0) is 11.7. The average molecular weight is 240 g/mol. The molecule has 84 valence electrons. The van der Waals surface area contributed by atoms with Gasteiger partial charge in [-0.1, -0.05) is 17.7 Å². The minimum atomic E-state index is -0.981. The molecule has 1 aliphatic rings. The minimum absolute atomic E-state index is 0.172. The minimum Gasteiger partial charge on any atom is -0.480 e. The summed E-state index contributed by atoms with van der Waals surface area (Å²) in [5.41, 5.74) is 0.544. The standard InChI is InChI=1S/C11H10ClNO3/c12-7-2-1-3-8(6-7)13-9(11(15)16)4-5-10(13)14/h1-3,6,9H,4-5H2,(H,15,16)/t9-/m0/s1. The maximum absolute atomic E-state index is 11.6. The highest BCUT2D eigenvalue weighted by atomic mass is 35.5. The number of halogens is 1. The highest BCUT2D eigenvalue weighted by Gasteiger charge is 2.36. The fourth-order valence-corrected chi connectivity index (χ4v) is 2.05. The second kappa shape index (κ2) is 4.14. The Morgan fingerprint density at radius 3 is 2.88 bits per heavy atom. The van der Waals surface area contributed by atoms with Gasteiger partial charge >= 0.3 is 5.97 Å². The number of carbonyl (C=O) groups is 2. The Morgan fingerprint density at radius 1 is 1.50 bits per heavy atom. The number of hydrogen-bond acceptors (Lipinski definition) is 2. The molecule has 0 spiro atoms. The van der Waals surface area contributed by atoms with Gasteiger partial charge in [0.1, 0.15) is 6.04 Å². The normalized spacial score (nSPS) is 20.2. The zero-order valence-corrected chi connectivity index (χ0v) is 9.15. The Bertz CT molecular complexity index is 447. The summed E-state index contributed by atoms with van der Waals surface area (Å²) in [5.74, 6) is -1.15. The number of anilines is 1. The van der Waals surface area contributed by atoms with E-state index >= 15 is 0 Å². The van der Waals surface area contributed by atoms with Crippen molar-refractivity contribution in [3.05, 3.63) is 29.3 Å². The molecule has 1 N–H and O–H groups in total. The van der Waals surface area contributed by atoms with Crippen molar-refractivity contribution >= 4 is 29.2 Å². The van der Waals surface area contributed by atoms with Crippen LogP contribution in [0.1, 0.15) is 12.8 Å². The van der Waals surface area contributed by atoms with E-state index in [0.717, 1.165) is 0 Å². The first-order valence-electron chi connectivity index (χ1n) is 4.90. The molecule has 4 nitrogen and oxygen atoms in total. The monoisotopic (exact) mass is 239 g/mol. The van der Waals surface area contributed by atoms with E-state index in [-0.39, 0.29) is 12.3 Å². The predicted molar refractivity (Wildman–Crippen MR) is 59.6 cm³/mol. The van der Waals surface area contributed by atoms with Crippen molar-refractivity contribution in [2.75, 3.05) is 4.90 Å². The van der Waals surface area contributed by atoms with E-state index in [4.69, 9.17) is 16.7 Å². The highest BCUT2D eigenvalue weighted by Crippen LogP contribution is 2.28. The number of nitrogens with zero attached hydrogens (tertiary/aromatic N) is 1. The van der Waals surface area contributed by atoms with Crippen LogP contribution < -0.4 is 4.90 Å². The van der Waals surface area contributed by atoms with Crippen molar-refractivity contribution in [3.63, 3.8) is 0 Å². The first-order chi connectivity index (χ1) is 7.59. The lowest BCUT2D eigenvalue weighted by Crippen LogP contribution is -2.38. The molecule has 16 heavy (non-hydrogen) atoms. The van der Waals surface area contributed by atoms with Crippen LogP contribution in [0.2, 0.25) is 5.02 Å². The Morgan fingerprint density at radius 2 is 2.25 bits per heavy atom. The van der Waals surface area contributed by atoms with Crippen LogP contribution >= 0.6 is 11.6 Å². The first kappa shape index (κ1) is 11.0. The number of carboxylic acids is 1. The van der Waals surface area contributed by atoms with Crippen molar-refractivity contribution in [2.24, 2.45) is 0 Å². The summed E-state index contributed by atoms with van der Waals surface area (Å²) in [7, 11) is 0. The van der Waals surface area contributed by atoms with E-state index < -0.39 is 12.0 Å². The van der Waals surface area contributed by atoms with Gasteiger partial charge in [0.05, 0.1) is 0 Å². The SMILES string of the molecule is O=C(O)[C@@H]1CCC(=O)N1c1cccc(Cl)c1. The largest absolute Gasteiger partial charge is 0.480 e. The Hall–Kier alpha value is -1.55. The molecule has 0 aromatic heterocycles. The zero-order valence-electron chi connectivity index (χ0n) is 8.39. The molecule has 1 fully saturated rings. The van der Waals surface area contributed by atoms with Crippen molar-refractivity contribution in [1.82, 2.24) is 0 Å². The summed E-state index contributed by atoms with van der Waals surface area (Å²) >= 11 is 5.81. The summed E-state index contributed by atoms with van der Waals surface area (Å²) in [5, 5.41) is 9.49. The molecule has 0 saturated carbocycles. The molecule has 2 rings (SSSR count). The molecule has 0 aliphatic carbocycles. The Balaban J connectivity index is 2.37. The van der Waals surface area contributed by atoms with Crippen molar-refractivity contribution in [2.45, 2.75) is 18.9 Å².